The Kier molecular flexibility index (Phi) is 4.04. The molecule has 1 aliphatic heterocycles. The van der Waals surface area contributed by atoms with Gasteiger partial charge in [0.25, 0.3) is 0 Å². The van der Waals surface area contributed by atoms with Gasteiger partial charge in [-0.3, -0.25) is 9.98 Å². The quantitative estimate of drug-likeness (QED) is 0.827. The Bertz CT molecular complexity index is 812. The van der Waals surface area contributed by atoms with Crippen LogP contribution in [0.5, 0.6) is 0 Å². The third kappa shape index (κ3) is 2.94. The molecule has 2 aromatic rings. The summed E-state index contributed by atoms with van der Waals surface area (Å²) in [6.07, 6.45) is 1.80. The molecule has 3 nitrogen and oxygen atoms in total. The second-order valence-corrected chi connectivity index (χ2v) is 8.52. The van der Waals surface area contributed by atoms with Gasteiger partial charge in [0, 0.05) is 22.3 Å². The number of aromatic nitrogens is 1. The third-order valence-electron chi connectivity index (χ3n) is 5.58. The van der Waals surface area contributed by atoms with E-state index in [0.717, 1.165) is 11.5 Å². The number of hydrogen-bond donors (Lipinski definition) is 1. The van der Waals surface area contributed by atoms with E-state index in [-0.39, 0.29) is 17.5 Å². The van der Waals surface area contributed by atoms with Crippen molar-refractivity contribution >= 4 is 29.0 Å². The van der Waals surface area contributed by atoms with Gasteiger partial charge < -0.3 is 5.32 Å². The van der Waals surface area contributed by atoms with Crippen molar-refractivity contribution in [2.24, 2.45) is 16.3 Å². The van der Waals surface area contributed by atoms with Crippen LogP contribution in [0.25, 0.3) is 0 Å². The summed E-state index contributed by atoms with van der Waals surface area (Å²) < 4.78 is 0. The molecule has 2 aliphatic rings. The molecule has 130 valence electrons. The molecular weight excluding hydrogens is 353 g/mol. The molecule has 4 rings (SSSR count). The number of aliphatic imine (C=N–C) groups is 1. The van der Waals surface area contributed by atoms with E-state index in [9.17, 15) is 0 Å². The fourth-order valence-electron chi connectivity index (χ4n) is 4.34. The number of halogens is 2. The Balaban J connectivity index is 1.64. The zero-order valence-electron chi connectivity index (χ0n) is 14.5. The molecule has 4 atom stereocenters. The van der Waals surface area contributed by atoms with Crippen LogP contribution >= 0.6 is 23.2 Å². The first-order valence-electron chi connectivity index (χ1n) is 8.59. The van der Waals surface area contributed by atoms with Crippen molar-refractivity contribution in [2.75, 3.05) is 0 Å². The molecule has 0 amide bonds. The zero-order chi connectivity index (χ0) is 17.8. The monoisotopic (exact) mass is 373 g/mol. The van der Waals surface area contributed by atoms with Crippen molar-refractivity contribution in [1.29, 1.82) is 0 Å². The van der Waals surface area contributed by atoms with Gasteiger partial charge >= 0.3 is 0 Å². The average Bonchev–Trinajstić information content (AvgIpc) is 2.92. The Hall–Kier alpha value is -1.58. The SMILES string of the molecule is CC1NC(c2ccccn2)=NC1[C@@H]1[C@@H](c2cc(Cl)cc(Cl)c2)C1(C)C. The summed E-state index contributed by atoms with van der Waals surface area (Å²) >= 11 is 12.4. The molecule has 25 heavy (non-hydrogen) atoms. The second-order valence-electron chi connectivity index (χ2n) is 7.64. The van der Waals surface area contributed by atoms with Crippen LogP contribution in [0.3, 0.4) is 0 Å². The Morgan fingerprint density at radius 2 is 1.80 bits per heavy atom. The maximum Gasteiger partial charge on any atom is 0.147 e. The summed E-state index contributed by atoms with van der Waals surface area (Å²) in [6, 6.07) is 12.3. The lowest BCUT2D eigenvalue weighted by molar-refractivity contribution is 0.438. The van der Waals surface area contributed by atoms with Crippen LogP contribution in [0.2, 0.25) is 10.0 Å². The van der Waals surface area contributed by atoms with E-state index >= 15 is 0 Å². The number of nitrogens with one attached hydrogen (secondary N) is 1. The minimum absolute atomic E-state index is 0.164. The fourth-order valence-corrected chi connectivity index (χ4v) is 4.88. The lowest BCUT2D eigenvalue weighted by Gasteiger charge is -2.15. The van der Waals surface area contributed by atoms with Crippen molar-refractivity contribution in [3.63, 3.8) is 0 Å². The van der Waals surface area contributed by atoms with Gasteiger partial charge in [-0.25, -0.2) is 0 Å². The van der Waals surface area contributed by atoms with E-state index in [4.69, 9.17) is 28.2 Å². The van der Waals surface area contributed by atoms with Crippen molar-refractivity contribution in [2.45, 2.75) is 38.8 Å². The van der Waals surface area contributed by atoms with Crippen molar-refractivity contribution in [1.82, 2.24) is 10.3 Å². The molecule has 1 aliphatic carbocycles. The maximum atomic E-state index is 6.22. The standard InChI is InChI=1S/C20H21Cl2N3/c1-11-18(25-19(24-11)15-6-4-5-7-23-15)17-16(20(17,2)3)12-8-13(21)10-14(22)9-12/h4-11,16-18H,1-3H3,(H,24,25)/t11?,16-,17+,18?/m1/s1. The average molecular weight is 374 g/mol. The largest absolute Gasteiger partial charge is 0.364 e. The molecule has 5 heteroatoms. The highest BCUT2D eigenvalue weighted by molar-refractivity contribution is 6.34. The summed E-state index contributed by atoms with van der Waals surface area (Å²) in [5, 5.41) is 4.90. The molecule has 0 radical (unpaired) electrons. The third-order valence-corrected chi connectivity index (χ3v) is 6.02. The van der Waals surface area contributed by atoms with Crippen molar-refractivity contribution in [3.8, 4) is 0 Å². The van der Waals surface area contributed by atoms with E-state index in [2.05, 4.69) is 31.1 Å². The molecule has 0 spiro atoms. The Morgan fingerprint density at radius 1 is 1.08 bits per heavy atom. The van der Waals surface area contributed by atoms with Gasteiger partial charge in [0.1, 0.15) is 11.5 Å². The van der Waals surface area contributed by atoms with Gasteiger partial charge in [-0.2, -0.15) is 0 Å². The first-order valence-corrected chi connectivity index (χ1v) is 9.35. The zero-order valence-corrected chi connectivity index (χ0v) is 16.0. The topological polar surface area (TPSA) is 37.3 Å². The van der Waals surface area contributed by atoms with E-state index < -0.39 is 0 Å². The van der Waals surface area contributed by atoms with Crippen LogP contribution in [-0.4, -0.2) is 22.9 Å². The molecule has 0 bridgehead atoms. The van der Waals surface area contributed by atoms with E-state index in [1.54, 1.807) is 12.3 Å². The van der Waals surface area contributed by atoms with Gasteiger partial charge in [0.05, 0.1) is 6.04 Å². The molecule has 1 fully saturated rings. The van der Waals surface area contributed by atoms with Crippen molar-refractivity contribution < 1.29 is 0 Å². The van der Waals surface area contributed by atoms with Crippen LogP contribution in [0.1, 0.15) is 37.9 Å². The molecule has 2 heterocycles. The van der Waals surface area contributed by atoms with Gasteiger partial charge in [-0.05, 0) is 60.1 Å². The highest BCUT2D eigenvalue weighted by Gasteiger charge is 2.63. The van der Waals surface area contributed by atoms with Gasteiger partial charge in [0.15, 0.2) is 0 Å². The molecule has 1 saturated carbocycles. The fraction of sp³-hybridized carbons (Fsp3) is 0.400. The van der Waals surface area contributed by atoms with Gasteiger partial charge in [-0.15, -0.1) is 0 Å². The van der Waals surface area contributed by atoms with Crippen LogP contribution < -0.4 is 5.32 Å². The molecule has 1 aromatic carbocycles. The minimum atomic E-state index is 0.164. The number of rotatable bonds is 3. The van der Waals surface area contributed by atoms with Crippen LogP contribution in [0, 0.1) is 11.3 Å². The summed E-state index contributed by atoms with van der Waals surface area (Å²) in [7, 11) is 0. The first-order chi connectivity index (χ1) is 11.9. The number of pyridine rings is 1. The van der Waals surface area contributed by atoms with E-state index in [1.807, 2.05) is 30.3 Å². The highest BCUT2D eigenvalue weighted by Crippen LogP contribution is 2.67. The summed E-state index contributed by atoms with van der Waals surface area (Å²) in [6.45, 7) is 6.80. The smallest absolute Gasteiger partial charge is 0.147 e. The molecule has 1 aromatic heterocycles. The number of amidine groups is 1. The minimum Gasteiger partial charge on any atom is -0.364 e. The maximum absolute atomic E-state index is 6.22. The van der Waals surface area contributed by atoms with E-state index in [1.165, 1.54) is 5.56 Å². The highest BCUT2D eigenvalue weighted by atomic mass is 35.5. The molecule has 1 N–H and O–H groups in total. The van der Waals surface area contributed by atoms with Crippen LogP contribution in [0.4, 0.5) is 0 Å². The first kappa shape index (κ1) is 16.9. The number of benzene rings is 1. The molecule has 0 saturated heterocycles. The number of nitrogens with zero attached hydrogens (tertiary/aromatic N) is 2. The Morgan fingerprint density at radius 3 is 2.44 bits per heavy atom. The summed E-state index contributed by atoms with van der Waals surface area (Å²) in [5.41, 5.74) is 2.27. The normalized spacial score (nSPS) is 29.9. The van der Waals surface area contributed by atoms with Crippen LogP contribution in [-0.2, 0) is 0 Å². The van der Waals surface area contributed by atoms with Gasteiger partial charge in [0.2, 0.25) is 0 Å². The Labute approximate surface area is 158 Å². The molecule has 2 unspecified atom stereocenters. The second kappa shape index (κ2) is 6.00. The lowest BCUT2D eigenvalue weighted by atomic mass is 10.00. The summed E-state index contributed by atoms with van der Waals surface area (Å²) in [4.78, 5) is 9.41. The van der Waals surface area contributed by atoms with Crippen molar-refractivity contribution in [3.05, 3.63) is 63.9 Å². The predicted molar refractivity (Wildman–Crippen MR) is 104 cm³/mol. The van der Waals surface area contributed by atoms with Crippen LogP contribution in [0.15, 0.2) is 47.6 Å². The predicted octanol–water partition coefficient (Wildman–Crippen LogP) is 4.94. The molecular formula is C20H21Cl2N3. The van der Waals surface area contributed by atoms with E-state index in [0.29, 0.717) is 21.9 Å². The van der Waals surface area contributed by atoms with Gasteiger partial charge in [-0.1, -0.05) is 43.1 Å². The number of hydrogen-bond acceptors (Lipinski definition) is 3. The summed E-state index contributed by atoms with van der Waals surface area (Å²) in [5.74, 6) is 1.75. The lowest BCUT2D eigenvalue weighted by Crippen LogP contribution is -2.34.